The number of amides is 1. The maximum atomic E-state index is 11.8. The first-order valence-corrected chi connectivity index (χ1v) is 10.9. The maximum Gasteiger partial charge on any atom is 0.219 e. The van der Waals surface area contributed by atoms with E-state index in [1.165, 1.54) is 12.0 Å². The largest absolute Gasteiger partial charge is 0.494 e. The van der Waals surface area contributed by atoms with Crippen molar-refractivity contribution in [1.29, 1.82) is 0 Å². The Morgan fingerprint density at radius 2 is 2.03 bits per heavy atom. The molecule has 0 aliphatic carbocycles. The van der Waals surface area contributed by atoms with Crippen LogP contribution in [0, 0.1) is 5.41 Å². The van der Waals surface area contributed by atoms with E-state index in [-0.39, 0.29) is 11.3 Å². The van der Waals surface area contributed by atoms with Gasteiger partial charge in [-0.15, -0.1) is 0 Å². The minimum Gasteiger partial charge on any atom is -0.494 e. The molecule has 1 saturated heterocycles. The first-order chi connectivity index (χ1) is 14.5. The first-order valence-electron chi connectivity index (χ1n) is 10.9. The number of nitrogens with zero attached hydrogens (tertiary/aromatic N) is 3. The fourth-order valence-corrected chi connectivity index (χ4v) is 4.17. The van der Waals surface area contributed by atoms with Crippen LogP contribution in [0.5, 0.6) is 5.75 Å². The Bertz CT molecular complexity index is 891. The lowest BCUT2D eigenvalue weighted by molar-refractivity contribution is -0.132. The van der Waals surface area contributed by atoms with Crippen LogP contribution in [0.4, 0.5) is 0 Å². The van der Waals surface area contributed by atoms with Gasteiger partial charge in [-0.2, -0.15) is 4.73 Å². The lowest BCUT2D eigenvalue weighted by Gasteiger charge is -2.42. The van der Waals surface area contributed by atoms with Gasteiger partial charge in [0.25, 0.3) is 0 Å². The quantitative estimate of drug-likeness (QED) is 0.532. The van der Waals surface area contributed by atoms with Crippen LogP contribution in [-0.4, -0.2) is 47.0 Å². The predicted octanol–water partition coefficient (Wildman–Crippen LogP) is 3.68. The molecule has 1 amide bonds. The average molecular weight is 412 g/mol. The summed E-state index contributed by atoms with van der Waals surface area (Å²) in [7, 11) is 0. The lowest BCUT2D eigenvalue weighted by Crippen LogP contribution is -2.46. The van der Waals surface area contributed by atoms with Crippen LogP contribution in [0.3, 0.4) is 0 Å². The molecule has 1 aromatic carbocycles. The predicted molar refractivity (Wildman–Crippen MR) is 117 cm³/mol. The molecule has 1 aliphatic heterocycles. The van der Waals surface area contributed by atoms with Gasteiger partial charge in [0.1, 0.15) is 5.75 Å². The molecule has 0 bridgehead atoms. The molecule has 6 heteroatoms. The van der Waals surface area contributed by atoms with E-state index in [4.69, 9.17) is 4.74 Å². The second-order valence-corrected chi connectivity index (χ2v) is 8.21. The van der Waals surface area contributed by atoms with Crippen LogP contribution in [0.15, 0.2) is 53.7 Å². The van der Waals surface area contributed by atoms with Crippen molar-refractivity contribution in [3.05, 3.63) is 59.7 Å². The minimum absolute atomic E-state index is 0.175. The highest BCUT2D eigenvalue weighted by Crippen LogP contribution is 2.37. The van der Waals surface area contributed by atoms with Crippen molar-refractivity contribution in [3.63, 3.8) is 0 Å². The third-order valence-corrected chi connectivity index (χ3v) is 6.02. The van der Waals surface area contributed by atoms with E-state index in [0.717, 1.165) is 49.3 Å². The zero-order chi connectivity index (χ0) is 21.4. The van der Waals surface area contributed by atoms with Gasteiger partial charge in [-0.05, 0) is 60.9 Å². The van der Waals surface area contributed by atoms with Crippen LogP contribution >= 0.6 is 0 Å². The number of hydrogen-bond donors (Lipinski definition) is 1. The molecule has 1 aromatic heterocycles. The molecule has 0 radical (unpaired) electrons. The SMILES string of the molecule is CCC1(Cc2ccc(OCCCN=c3ccccn3O)cc2)CCCN(C(C)=O)C1. The number of carbonyl (C=O) groups excluding carboxylic acids is 1. The average Bonchev–Trinajstić information content (AvgIpc) is 2.76. The Balaban J connectivity index is 1.49. The first kappa shape index (κ1) is 21.9. The summed E-state index contributed by atoms with van der Waals surface area (Å²) in [6.45, 7) is 6.82. The number of benzene rings is 1. The van der Waals surface area contributed by atoms with Gasteiger partial charge in [-0.25, -0.2) is 0 Å². The van der Waals surface area contributed by atoms with Gasteiger partial charge in [-0.1, -0.05) is 25.1 Å². The zero-order valence-electron chi connectivity index (χ0n) is 18.1. The zero-order valence-corrected chi connectivity index (χ0v) is 18.1. The Labute approximate surface area is 178 Å². The van der Waals surface area contributed by atoms with E-state index in [9.17, 15) is 10.0 Å². The second-order valence-electron chi connectivity index (χ2n) is 8.21. The molecular formula is C24H33N3O3. The van der Waals surface area contributed by atoms with E-state index in [2.05, 4.69) is 24.0 Å². The third-order valence-electron chi connectivity index (χ3n) is 6.02. The summed E-state index contributed by atoms with van der Waals surface area (Å²) in [6.07, 6.45) is 6.66. The van der Waals surface area contributed by atoms with E-state index in [0.29, 0.717) is 18.6 Å². The number of piperidine rings is 1. The number of likely N-dealkylation sites (tertiary alicyclic amines) is 1. The summed E-state index contributed by atoms with van der Waals surface area (Å²) in [4.78, 5) is 18.2. The summed E-state index contributed by atoms with van der Waals surface area (Å²) in [5.74, 6) is 1.04. The standard InChI is InChI=1S/C24H33N3O3/c1-3-24(13-6-15-26(19-24)20(2)28)18-21-9-11-22(12-10-21)30-17-7-14-25-23-8-4-5-16-27(23)29/h4-5,8-12,16,29H,3,6-7,13-15,17-19H2,1-2H3. The van der Waals surface area contributed by atoms with Crippen LogP contribution in [0.1, 0.15) is 45.1 Å². The molecule has 1 N–H and O–H groups in total. The summed E-state index contributed by atoms with van der Waals surface area (Å²) in [6, 6.07) is 13.7. The molecule has 2 aromatic rings. The highest BCUT2D eigenvalue weighted by atomic mass is 16.5. The van der Waals surface area contributed by atoms with Crippen molar-refractivity contribution >= 4 is 5.91 Å². The summed E-state index contributed by atoms with van der Waals surface area (Å²) < 4.78 is 6.86. The second kappa shape index (κ2) is 10.3. The van der Waals surface area contributed by atoms with Crippen molar-refractivity contribution < 1.29 is 14.7 Å². The Morgan fingerprint density at radius 1 is 1.23 bits per heavy atom. The molecule has 0 spiro atoms. The summed E-state index contributed by atoms with van der Waals surface area (Å²) in [5.41, 5.74) is 2.01. The van der Waals surface area contributed by atoms with Crippen molar-refractivity contribution in [1.82, 2.24) is 9.63 Å². The number of ether oxygens (including phenoxy) is 1. The third kappa shape index (κ3) is 5.88. The highest BCUT2D eigenvalue weighted by molar-refractivity contribution is 5.73. The summed E-state index contributed by atoms with van der Waals surface area (Å²) >= 11 is 0. The van der Waals surface area contributed by atoms with E-state index in [1.54, 1.807) is 25.3 Å². The van der Waals surface area contributed by atoms with Gasteiger partial charge >= 0.3 is 0 Å². The van der Waals surface area contributed by atoms with Gasteiger partial charge in [0, 0.05) is 39.2 Å². The maximum absolute atomic E-state index is 11.8. The normalized spacial score (nSPS) is 19.7. The Morgan fingerprint density at radius 3 is 2.73 bits per heavy atom. The molecule has 30 heavy (non-hydrogen) atoms. The molecule has 0 saturated carbocycles. The Kier molecular flexibility index (Phi) is 7.55. The molecular weight excluding hydrogens is 378 g/mol. The smallest absolute Gasteiger partial charge is 0.219 e. The minimum atomic E-state index is 0.175. The van der Waals surface area contributed by atoms with Crippen molar-refractivity contribution in [2.45, 2.75) is 46.0 Å². The Hall–Kier alpha value is -2.76. The van der Waals surface area contributed by atoms with Gasteiger partial charge in [0.2, 0.25) is 5.91 Å². The van der Waals surface area contributed by atoms with Gasteiger partial charge < -0.3 is 14.8 Å². The van der Waals surface area contributed by atoms with E-state index < -0.39 is 0 Å². The topological polar surface area (TPSA) is 67.1 Å². The van der Waals surface area contributed by atoms with E-state index in [1.807, 2.05) is 23.1 Å². The molecule has 1 atom stereocenters. The molecule has 2 heterocycles. The molecule has 6 nitrogen and oxygen atoms in total. The number of aromatic nitrogens is 1. The van der Waals surface area contributed by atoms with Crippen molar-refractivity contribution in [2.75, 3.05) is 26.2 Å². The molecule has 1 aliphatic rings. The van der Waals surface area contributed by atoms with Crippen LogP contribution in [-0.2, 0) is 11.2 Å². The fourth-order valence-electron chi connectivity index (χ4n) is 4.17. The van der Waals surface area contributed by atoms with Crippen LogP contribution in [0.25, 0.3) is 0 Å². The van der Waals surface area contributed by atoms with Crippen LogP contribution in [0.2, 0.25) is 0 Å². The number of hydrogen-bond acceptors (Lipinski definition) is 4. The van der Waals surface area contributed by atoms with E-state index >= 15 is 0 Å². The molecule has 1 fully saturated rings. The van der Waals surface area contributed by atoms with Crippen LogP contribution < -0.4 is 10.2 Å². The van der Waals surface area contributed by atoms with Gasteiger partial charge in [-0.3, -0.25) is 9.79 Å². The lowest BCUT2D eigenvalue weighted by atomic mass is 9.73. The highest BCUT2D eigenvalue weighted by Gasteiger charge is 2.34. The van der Waals surface area contributed by atoms with Gasteiger partial charge in [0.05, 0.1) is 6.61 Å². The monoisotopic (exact) mass is 411 g/mol. The number of pyridine rings is 1. The molecule has 1 unspecified atom stereocenters. The molecule has 3 rings (SSSR count). The molecule has 162 valence electrons. The summed E-state index contributed by atoms with van der Waals surface area (Å²) in [5, 5.41) is 9.64. The van der Waals surface area contributed by atoms with Gasteiger partial charge in [0.15, 0.2) is 5.49 Å². The van der Waals surface area contributed by atoms with Crippen molar-refractivity contribution in [3.8, 4) is 5.75 Å². The number of carbonyl (C=O) groups is 1. The van der Waals surface area contributed by atoms with Crippen molar-refractivity contribution in [2.24, 2.45) is 10.4 Å². The number of rotatable bonds is 8. The fraction of sp³-hybridized carbons (Fsp3) is 0.500.